The molecule has 0 atom stereocenters. The first-order valence-corrected chi connectivity index (χ1v) is 9.41. The second kappa shape index (κ2) is 8.82. The van der Waals surface area contributed by atoms with Crippen LogP contribution in [0, 0.1) is 6.92 Å². The molecule has 1 amide bonds. The zero-order chi connectivity index (χ0) is 17.5. The molecule has 2 heterocycles. The number of piperazine rings is 1. The molecule has 0 unspecified atom stereocenters. The highest BCUT2D eigenvalue weighted by Gasteiger charge is 2.20. The van der Waals surface area contributed by atoms with Gasteiger partial charge in [-0.3, -0.25) is 9.69 Å². The van der Waals surface area contributed by atoms with Gasteiger partial charge in [-0.05, 0) is 24.6 Å². The van der Waals surface area contributed by atoms with Crippen LogP contribution in [0.1, 0.15) is 5.56 Å². The number of rotatable bonds is 7. The van der Waals surface area contributed by atoms with Gasteiger partial charge in [0.25, 0.3) is 0 Å². The fraction of sp³-hybridized carbons (Fsp3) is 0.444. The Balaban J connectivity index is 1.31. The van der Waals surface area contributed by atoms with E-state index in [9.17, 15) is 4.79 Å². The summed E-state index contributed by atoms with van der Waals surface area (Å²) in [5.41, 5.74) is 1.17. The smallest absolute Gasteiger partial charge is 0.234 e. The van der Waals surface area contributed by atoms with Gasteiger partial charge in [0.2, 0.25) is 5.91 Å². The number of amides is 1. The van der Waals surface area contributed by atoms with E-state index in [1.807, 2.05) is 42.8 Å². The van der Waals surface area contributed by atoms with E-state index in [1.54, 1.807) is 11.3 Å². The Hall–Kier alpha value is -2.12. The standard InChI is InChI=1S/C18H24N4O2S/c1-15-3-2-4-16(13-15)24-11-5-19-17(23)14-21-7-9-22(10-8-21)18-20-6-12-25-18/h2-4,6,12-13H,5,7-11,14H2,1H3,(H,19,23). The van der Waals surface area contributed by atoms with Crippen molar-refractivity contribution in [3.05, 3.63) is 41.4 Å². The van der Waals surface area contributed by atoms with Crippen LogP contribution in [0.15, 0.2) is 35.8 Å². The molecule has 1 aromatic heterocycles. The summed E-state index contributed by atoms with van der Waals surface area (Å²) in [4.78, 5) is 20.8. The summed E-state index contributed by atoms with van der Waals surface area (Å²) in [5.74, 6) is 0.892. The minimum absolute atomic E-state index is 0.0514. The summed E-state index contributed by atoms with van der Waals surface area (Å²) >= 11 is 1.66. The molecule has 1 saturated heterocycles. The number of hydrogen-bond acceptors (Lipinski definition) is 6. The SMILES string of the molecule is Cc1cccc(OCCNC(=O)CN2CCN(c3nccs3)CC2)c1. The lowest BCUT2D eigenvalue weighted by atomic mass is 10.2. The van der Waals surface area contributed by atoms with Gasteiger partial charge in [-0.2, -0.15) is 0 Å². The van der Waals surface area contributed by atoms with Crippen LogP contribution in [-0.2, 0) is 4.79 Å². The molecule has 0 aliphatic carbocycles. The average Bonchev–Trinajstić information content (AvgIpc) is 3.14. The number of anilines is 1. The van der Waals surface area contributed by atoms with Crippen LogP contribution in [0.5, 0.6) is 5.75 Å². The van der Waals surface area contributed by atoms with Crippen molar-refractivity contribution in [3.8, 4) is 5.75 Å². The van der Waals surface area contributed by atoms with Crippen LogP contribution >= 0.6 is 11.3 Å². The van der Waals surface area contributed by atoms with Gasteiger partial charge in [-0.15, -0.1) is 11.3 Å². The monoisotopic (exact) mass is 360 g/mol. The molecule has 1 fully saturated rings. The molecule has 1 aliphatic heterocycles. The molecule has 0 radical (unpaired) electrons. The Morgan fingerprint density at radius 1 is 1.32 bits per heavy atom. The number of benzene rings is 1. The maximum absolute atomic E-state index is 12.1. The normalized spacial score (nSPS) is 15.2. The van der Waals surface area contributed by atoms with Gasteiger partial charge in [-0.25, -0.2) is 4.98 Å². The quantitative estimate of drug-likeness (QED) is 0.763. The van der Waals surface area contributed by atoms with Crippen molar-refractivity contribution < 1.29 is 9.53 Å². The first kappa shape index (κ1) is 17.7. The molecular weight excluding hydrogens is 336 g/mol. The van der Waals surface area contributed by atoms with Crippen LogP contribution in [-0.4, -0.2) is 61.7 Å². The molecule has 0 saturated carbocycles. The number of ether oxygens (including phenoxy) is 1. The van der Waals surface area contributed by atoms with Gasteiger partial charge in [0.15, 0.2) is 5.13 Å². The van der Waals surface area contributed by atoms with Crippen molar-refractivity contribution in [1.82, 2.24) is 15.2 Å². The molecule has 2 aromatic rings. The number of carbonyl (C=O) groups is 1. The molecular formula is C18H24N4O2S. The summed E-state index contributed by atoms with van der Waals surface area (Å²) in [6.07, 6.45) is 1.83. The fourth-order valence-corrected chi connectivity index (χ4v) is 3.49. The van der Waals surface area contributed by atoms with E-state index in [-0.39, 0.29) is 5.91 Å². The summed E-state index contributed by atoms with van der Waals surface area (Å²) in [6.45, 7) is 7.06. The molecule has 0 spiro atoms. The summed E-state index contributed by atoms with van der Waals surface area (Å²) < 4.78 is 5.64. The minimum atomic E-state index is 0.0514. The van der Waals surface area contributed by atoms with Crippen molar-refractivity contribution in [3.63, 3.8) is 0 Å². The Morgan fingerprint density at radius 2 is 2.16 bits per heavy atom. The van der Waals surface area contributed by atoms with Crippen LogP contribution in [0.2, 0.25) is 0 Å². The lowest BCUT2D eigenvalue weighted by molar-refractivity contribution is -0.122. The number of carbonyl (C=O) groups excluding carboxylic acids is 1. The Labute approximate surface area is 152 Å². The number of hydrogen-bond donors (Lipinski definition) is 1. The lowest BCUT2D eigenvalue weighted by Gasteiger charge is -2.34. The van der Waals surface area contributed by atoms with Crippen LogP contribution < -0.4 is 15.0 Å². The number of aryl methyl sites for hydroxylation is 1. The lowest BCUT2D eigenvalue weighted by Crippen LogP contribution is -2.49. The molecule has 1 aliphatic rings. The molecule has 6 nitrogen and oxygen atoms in total. The van der Waals surface area contributed by atoms with E-state index in [0.29, 0.717) is 19.7 Å². The first-order chi connectivity index (χ1) is 12.2. The number of thiazole rings is 1. The highest BCUT2D eigenvalue weighted by Crippen LogP contribution is 2.18. The van der Waals surface area contributed by atoms with Crippen molar-refractivity contribution in [2.75, 3.05) is 50.8 Å². The molecule has 134 valence electrons. The van der Waals surface area contributed by atoms with Crippen LogP contribution in [0.3, 0.4) is 0 Å². The molecule has 3 rings (SSSR count). The zero-order valence-electron chi connectivity index (χ0n) is 14.5. The second-order valence-corrected chi connectivity index (χ2v) is 6.97. The number of aromatic nitrogens is 1. The maximum atomic E-state index is 12.1. The third kappa shape index (κ3) is 5.44. The highest BCUT2D eigenvalue weighted by molar-refractivity contribution is 7.13. The molecule has 0 bridgehead atoms. The summed E-state index contributed by atoms with van der Waals surface area (Å²) in [6, 6.07) is 7.91. The maximum Gasteiger partial charge on any atom is 0.234 e. The Morgan fingerprint density at radius 3 is 2.88 bits per heavy atom. The van der Waals surface area contributed by atoms with Crippen molar-refractivity contribution in [2.24, 2.45) is 0 Å². The van der Waals surface area contributed by atoms with Crippen LogP contribution in [0.4, 0.5) is 5.13 Å². The molecule has 1 aromatic carbocycles. The number of nitrogens with one attached hydrogen (secondary N) is 1. The summed E-state index contributed by atoms with van der Waals surface area (Å²) in [7, 11) is 0. The van der Waals surface area contributed by atoms with Crippen molar-refractivity contribution >= 4 is 22.4 Å². The molecule has 7 heteroatoms. The minimum Gasteiger partial charge on any atom is -0.492 e. The average molecular weight is 360 g/mol. The van der Waals surface area contributed by atoms with E-state index in [1.165, 1.54) is 5.56 Å². The molecule has 25 heavy (non-hydrogen) atoms. The summed E-state index contributed by atoms with van der Waals surface area (Å²) in [5, 5.41) is 5.99. The predicted octanol–water partition coefficient (Wildman–Crippen LogP) is 1.77. The Kier molecular flexibility index (Phi) is 6.25. The highest BCUT2D eigenvalue weighted by atomic mass is 32.1. The molecule has 1 N–H and O–H groups in total. The van der Waals surface area contributed by atoms with Gasteiger partial charge < -0.3 is 15.0 Å². The largest absolute Gasteiger partial charge is 0.492 e. The van der Waals surface area contributed by atoms with Gasteiger partial charge in [-0.1, -0.05) is 12.1 Å². The van der Waals surface area contributed by atoms with Crippen molar-refractivity contribution in [1.29, 1.82) is 0 Å². The van der Waals surface area contributed by atoms with Crippen LogP contribution in [0.25, 0.3) is 0 Å². The number of nitrogens with zero attached hydrogens (tertiary/aromatic N) is 3. The van der Waals surface area contributed by atoms with E-state index in [0.717, 1.165) is 37.1 Å². The van der Waals surface area contributed by atoms with Crippen molar-refractivity contribution in [2.45, 2.75) is 6.92 Å². The predicted molar refractivity (Wildman–Crippen MR) is 100 cm³/mol. The second-order valence-electron chi connectivity index (χ2n) is 6.09. The zero-order valence-corrected chi connectivity index (χ0v) is 15.3. The third-order valence-electron chi connectivity index (χ3n) is 4.11. The van der Waals surface area contributed by atoms with Gasteiger partial charge >= 0.3 is 0 Å². The van der Waals surface area contributed by atoms with Gasteiger partial charge in [0.1, 0.15) is 12.4 Å². The van der Waals surface area contributed by atoms with Gasteiger partial charge in [0.05, 0.1) is 13.1 Å². The van der Waals surface area contributed by atoms with E-state index in [4.69, 9.17) is 4.74 Å². The third-order valence-corrected chi connectivity index (χ3v) is 4.94. The van der Waals surface area contributed by atoms with E-state index >= 15 is 0 Å². The van der Waals surface area contributed by atoms with Gasteiger partial charge in [0, 0.05) is 37.8 Å². The van der Waals surface area contributed by atoms with E-state index in [2.05, 4.69) is 20.1 Å². The first-order valence-electron chi connectivity index (χ1n) is 8.54. The Bertz CT molecular complexity index is 669. The fourth-order valence-electron chi connectivity index (χ4n) is 2.79. The topological polar surface area (TPSA) is 57.7 Å². The van der Waals surface area contributed by atoms with E-state index < -0.39 is 0 Å².